The summed E-state index contributed by atoms with van der Waals surface area (Å²) in [4.78, 5) is 13.9. The maximum absolute atomic E-state index is 11.5. The van der Waals surface area contributed by atoms with Crippen LogP contribution in [0.5, 0.6) is 0 Å². The standard InChI is InChI=1S/C14H19NO2/c1-2-17-14(16)13-7-5-12(6-8-13)11-15-9-3-4-10-15/h5-8H,2-4,9-11H2,1H3. The molecule has 0 N–H and O–H groups in total. The van der Waals surface area contributed by atoms with Crippen molar-refractivity contribution in [2.45, 2.75) is 26.3 Å². The van der Waals surface area contributed by atoms with E-state index < -0.39 is 0 Å². The van der Waals surface area contributed by atoms with E-state index in [1.54, 1.807) is 0 Å². The first-order valence-corrected chi connectivity index (χ1v) is 6.28. The van der Waals surface area contributed by atoms with Crippen molar-refractivity contribution in [1.82, 2.24) is 4.90 Å². The van der Waals surface area contributed by atoms with Crippen LogP contribution >= 0.6 is 0 Å². The first kappa shape index (κ1) is 12.1. The third-order valence-electron chi connectivity index (χ3n) is 3.07. The summed E-state index contributed by atoms with van der Waals surface area (Å²) in [5, 5.41) is 0. The molecule has 3 nitrogen and oxygen atoms in total. The fourth-order valence-corrected chi connectivity index (χ4v) is 2.16. The fourth-order valence-electron chi connectivity index (χ4n) is 2.16. The van der Waals surface area contributed by atoms with Crippen molar-refractivity contribution >= 4 is 5.97 Å². The van der Waals surface area contributed by atoms with E-state index in [-0.39, 0.29) is 5.97 Å². The summed E-state index contributed by atoms with van der Waals surface area (Å²) in [5.41, 5.74) is 1.90. The second-order valence-corrected chi connectivity index (χ2v) is 4.40. The Labute approximate surface area is 102 Å². The van der Waals surface area contributed by atoms with Crippen LogP contribution in [0.2, 0.25) is 0 Å². The number of nitrogens with zero attached hydrogens (tertiary/aromatic N) is 1. The predicted molar refractivity (Wildman–Crippen MR) is 66.9 cm³/mol. The van der Waals surface area contributed by atoms with Crippen LogP contribution in [-0.2, 0) is 11.3 Å². The van der Waals surface area contributed by atoms with E-state index in [1.165, 1.54) is 31.5 Å². The molecule has 1 fully saturated rings. The summed E-state index contributed by atoms with van der Waals surface area (Å²) in [5.74, 6) is -0.236. The molecular formula is C14H19NO2. The number of likely N-dealkylation sites (tertiary alicyclic amines) is 1. The number of ether oxygens (including phenoxy) is 1. The average molecular weight is 233 g/mol. The van der Waals surface area contributed by atoms with Gasteiger partial charge in [0.25, 0.3) is 0 Å². The molecule has 17 heavy (non-hydrogen) atoms. The molecule has 3 heteroatoms. The third kappa shape index (κ3) is 3.30. The minimum absolute atomic E-state index is 0.236. The summed E-state index contributed by atoms with van der Waals surface area (Å²) >= 11 is 0. The van der Waals surface area contributed by atoms with Gasteiger partial charge in [-0.25, -0.2) is 4.79 Å². The molecule has 1 saturated heterocycles. The molecule has 0 amide bonds. The lowest BCUT2D eigenvalue weighted by atomic mass is 10.1. The molecule has 1 aromatic carbocycles. The molecule has 92 valence electrons. The molecule has 1 aliphatic heterocycles. The summed E-state index contributed by atoms with van der Waals surface area (Å²) < 4.78 is 4.95. The van der Waals surface area contributed by atoms with Gasteiger partial charge in [0, 0.05) is 6.54 Å². The highest BCUT2D eigenvalue weighted by Crippen LogP contribution is 2.13. The summed E-state index contributed by atoms with van der Waals surface area (Å²) in [6.07, 6.45) is 2.61. The van der Waals surface area contributed by atoms with Gasteiger partial charge in [-0.2, -0.15) is 0 Å². The zero-order valence-electron chi connectivity index (χ0n) is 10.3. The van der Waals surface area contributed by atoms with Crippen molar-refractivity contribution in [1.29, 1.82) is 0 Å². The van der Waals surface area contributed by atoms with Gasteiger partial charge in [-0.05, 0) is 50.6 Å². The van der Waals surface area contributed by atoms with Crippen LogP contribution in [0.15, 0.2) is 24.3 Å². The molecule has 0 aromatic heterocycles. The zero-order chi connectivity index (χ0) is 12.1. The molecule has 0 spiro atoms. The molecule has 1 heterocycles. The lowest BCUT2D eigenvalue weighted by molar-refractivity contribution is 0.0526. The van der Waals surface area contributed by atoms with Gasteiger partial charge < -0.3 is 4.74 Å². The number of rotatable bonds is 4. The molecule has 0 bridgehead atoms. The quantitative estimate of drug-likeness (QED) is 0.748. The van der Waals surface area contributed by atoms with Crippen molar-refractivity contribution in [3.05, 3.63) is 35.4 Å². The van der Waals surface area contributed by atoms with Crippen LogP contribution < -0.4 is 0 Å². The first-order chi connectivity index (χ1) is 8.29. The van der Waals surface area contributed by atoms with Crippen LogP contribution in [0, 0.1) is 0 Å². The Morgan fingerprint density at radius 1 is 1.24 bits per heavy atom. The molecule has 1 aliphatic rings. The largest absolute Gasteiger partial charge is 0.462 e. The molecule has 0 aliphatic carbocycles. The van der Waals surface area contributed by atoms with Crippen molar-refractivity contribution in [3.8, 4) is 0 Å². The van der Waals surface area contributed by atoms with Gasteiger partial charge in [-0.3, -0.25) is 4.90 Å². The van der Waals surface area contributed by atoms with Crippen LogP contribution in [0.1, 0.15) is 35.7 Å². The average Bonchev–Trinajstić information content (AvgIpc) is 2.83. The SMILES string of the molecule is CCOC(=O)c1ccc(CN2CCCC2)cc1. The minimum Gasteiger partial charge on any atom is -0.462 e. The maximum Gasteiger partial charge on any atom is 0.338 e. The second kappa shape index (κ2) is 5.82. The van der Waals surface area contributed by atoms with Gasteiger partial charge in [0.2, 0.25) is 0 Å². The van der Waals surface area contributed by atoms with Crippen LogP contribution in [-0.4, -0.2) is 30.6 Å². The highest BCUT2D eigenvalue weighted by molar-refractivity contribution is 5.89. The molecule has 0 unspecified atom stereocenters. The Kier molecular flexibility index (Phi) is 4.15. The number of hydrogen-bond donors (Lipinski definition) is 0. The molecule has 0 radical (unpaired) electrons. The van der Waals surface area contributed by atoms with Gasteiger partial charge in [-0.1, -0.05) is 12.1 Å². The number of esters is 1. The van der Waals surface area contributed by atoms with Crippen molar-refractivity contribution in [2.24, 2.45) is 0 Å². The maximum atomic E-state index is 11.5. The van der Waals surface area contributed by atoms with Crippen molar-refractivity contribution < 1.29 is 9.53 Å². The Bertz CT molecular complexity index is 366. The minimum atomic E-state index is -0.236. The van der Waals surface area contributed by atoms with E-state index in [2.05, 4.69) is 4.90 Å². The summed E-state index contributed by atoms with van der Waals surface area (Å²) in [7, 11) is 0. The molecule has 0 saturated carbocycles. The van der Waals surface area contributed by atoms with E-state index in [0.717, 1.165) is 6.54 Å². The Morgan fingerprint density at radius 3 is 2.47 bits per heavy atom. The van der Waals surface area contributed by atoms with Crippen LogP contribution in [0.3, 0.4) is 0 Å². The Balaban J connectivity index is 1.94. The molecule has 0 atom stereocenters. The lowest BCUT2D eigenvalue weighted by Gasteiger charge is -2.14. The Morgan fingerprint density at radius 2 is 1.88 bits per heavy atom. The van der Waals surface area contributed by atoms with Crippen molar-refractivity contribution in [3.63, 3.8) is 0 Å². The van der Waals surface area contributed by atoms with Crippen LogP contribution in [0.25, 0.3) is 0 Å². The zero-order valence-corrected chi connectivity index (χ0v) is 10.3. The van der Waals surface area contributed by atoms with E-state index in [4.69, 9.17) is 4.74 Å². The number of carbonyl (C=O) groups is 1. The van der Waals surface area contributed by atoms with E-state index in [0.29, 0.717) is 12.2 Å². The third-order valence-corrected chi connectivity index (χ3v) is 3.07. The second-order valence-electron chi connectivity index (χ2n) is 4.40. The van der Waals surface area contributed by atoms with Gasteiger partial charge in [0.15, 0.2) is 0 Å². The van der Waals surface area contributed by atoms with Crippen molar-refractivity contribution in [2.75, 3.05) is 19.7 Å². The molecule has 1 aromatic rings. The molecular weight excluding hydrogens is 214 g/mol. The molecule has 2 rings (SSSR count). The Hall–Kier alpha value is -1.35. The predicted octanol–water partition coefficient (Wildman–Crippen LogP) is 2.46. The normalized spacial score (nSPS) is 16.1. The first-order valence-electron chi connectivity index (χ1n) is 6.28. The van der Waals surface area contributed by atoms with Gasteiger partial charge in [0.05, 0.1) is 12.2 Å². The lowest BCUT2D eigenvalue weighted by Crippen LogP contribution is -2.18. The highest BCUT2D eigenvalue weighted by Gasteiger charge is 2.12. The topological polar surface area (TPSA) is 29.5 Å². The van der Waals surface area contributed by atoms with E-state index >= 15 is 0 Å². The summed E-state index contributed by atoms with van der Waals surface area (Å²) in [6, 6.07) is 7.74. The number of hydrogen-bond acceptors (Lipinski definition) is 3. The van der Waals surface area contributed by atoms with Gasteiger partial charge in [-0.15, -0.1) is 0 Å². The van der Waals surface area contributed by atoms with Crippen LogP contribution in [0.4, 0.5) is 0 Å². The number of benzene rings is 1. The monoisotopic (exact) mass is 233 g/mol. The van der Waals surface area contributed by atoms with E-state index in [1.807, 2.05) is 31.2 Å². The van der Waals surface area contributed by atoms with Gasteiger partial charge >= 0.3 is 5.97 Å². The fraction of sp³-hybridized carbons (Fsp3) is 0.500. The highest BCUT2D eigenvalue weighted by atomic mass is 16.5. The van der Waals surface area contributed by atoms with E-state index in [9.17, 15) is 4.79 Å². The smallest absolute Gasteiger partial charge is 0.338 e. The number of carbonyl (C=O) groups excluding carboxylic acids is 1. The summed E-state index contributed by atoms with van der Waals surface area (Å²) in [6.45, 7) is 5.62. The van der Waals surface area contributed by atoms with Gasteiger partial charge in [0.1, 0.15) is 0 Å².